The molecule has 2 fully saturated rings. The molecule has 1 aliphatic carbocycles. The van der Waals surface area contributed by atoms with Crippen molar-refractivity contribution in [3.05, 3.63) is 0 Å². The van der Waals surface area contributed by atoms with Crippen LogP contribution in [0.1, 0.15) is 25.7 Å². The molecule has 86 valence electrons. The van der Waals surface area contributed by atoms with Gasteiger partial charge in [-0.25, -0.2) is 4.39 Å². The highest BCUT2D eigenvalue weighted by atomic mass is 35.5. The second-order valence-electron chi connectivity index (χ2n) is 4.26. The molecule has 1 saturated heterocycles. The predicted octanol–water partition coefficient (Wildman–Crippen LogP) is 1.66. The van der Waals surface area contributed by atoms with E-state index in [9.17, 15) is 4.39 Å². The first kappa shape index (κ1) is 14.4. The Balaban J connectivity index is 0.000000845. The van der Waals surface area contributed by atoms with Gasteiger partial charge in [0.1, 0.15) is 6.17 Å². The molecule has 1 spiro atoms. The van der Waals surface area contributed by atoms with Gasteiger partial charge in [-0.2, -0.15) is 0 Å². The summed E-state index contributed by atoms with van der Waals surface area (Å²) in [6.07, 6.45) is 2.78. The Morgan fingerprint density at radius 2 is 1.79 bits per heavy atom. The number of hydrogen-bond donors (Lipinski definition) is 2. The van der Waals surface area contributed by atoms with Crippen molar-refractivity contribution in [2.24, 2.45) is 11.1 Å². The lowest BCUT2D eigenvalue weighted by molar-refractivity contribution is 0.171. The van der Waals surface area contributed by atoms with Crippen molar-refractivity contribution in [1.29, 1.82) is 0 Å². The maximum Gasteiger partial charge on any atom is 0.102 e. The Morgan fingerprint density at radius 1 is 1.21 bits per heavy atom. The quantitative estimate of drug-likeness (QED) is 0.681. The van der Waals surface area contributed by atoms with Gasteiger partial charge < -0.3 is 11.1 Å². The summed E-state index contributed by atoms with van der Waals surface area (Å²) >= 11 is 0. The summed E-state index contributed by atoms with van der Waals surface area (Å²) in [6.45, 7) is 2.03. The van der Waals surface area contributed by atoms with Gasteiger partial charge in [-0.05, 0) is 44.2 Å². The van der Waals surface area contributed by atoms with Crippen LogP contribution in [0, 0.1) is 5.41 Å². The Morgan fingerprint density at radius 3 is 2.21 bits per heavy atom. The molecule has 1 saturated carbocycles. The number of piperidine rings is 1. The minimum absolute atomic E-state index is 0. The van der Waals surface area contributed by atoms with Crippen molar-refractivity contribution in [1.82, 2.24) is 5.32 Å². The van der Waals surface area contributed by atoms with Crippen LogP contribution >= 0.6 is 24.8 Å². The molecule has 2 atom stereocenters. The van der Waals surface area contributed by atoms with Gasteiger partial charge in [0.2, 0.25) is 0 Å². The third-order valence-electron chi connectivity index (χ3n) is 3.52. The van der Waals surface area contributed by atoms with Crippen molar-refractivity contribution < 1.29 is 4.39 Å². The van der Waals surface area contributed by atoms with E-state index in [1.54, 1.807) is 0 Å². The minimum atomic E-state index is -0.641. The Labute approximate surface area is 97.0 Å². The van der Waals surface area contributed by atoms with Gasteiger partial charge in [0.15, 0.2) is 0 Å². The molecule has 0 aromatic heterocycles. The Hall–Kier alpha value is 0.430. The van der Waals surface area contributed by atoms with Gasteiger partial charge in [-0.3, -0.25) is 0 Å². The van der Waals surface area contributed by atoms with E-state index in [1.807, 2.05) is 0 Å². The second-order valence-corrected chi connectivity index (χ2v) is 4.26. The highest BCUT2D eigenvalue weighted by molar-refractivity contribution is 5.85. The zero-order valence-corrected chi connectivity index (χ0v) is 9.80. The lowest BCUT2D eigenvalue weighted by Crippen LogP contribution is -2.45. The van der Waals surface area contributed by atoms with Crippen LogP contribution < -0.4 is 11.1 Å². The van der Waals surface area contributed by atoms with Crippen molar-refractivity contribution in [3.63, 3.8) is 0 Å². The fraction of sp³-hybridized carbons (Fsp3) is 1.00. The van der Waals surface area contributed by atoms with Gasteiger partial charge >= 0.3 is 0 Å². The minimum Gasteiger partial charge on any atom is -0.327 e. The van der Waals surface area contributed by atoms with E-state index in [-0.39, 0.29) is 36.3 Å². The van der Waals surface area contributed by atoms with Crippen LogP contribution in [0.25, 0.3) is 0 Å². The van der Waals surface area contributed by atoms with Gasteiger partial charge in [-0.1, -0.05) is 0 Å². The first-order chi connectivity index (χ1) is 5.73. The summed E-state index contributed by atoms with van der Waals surface area (Å²) in [5, 5.41) is 3.29. The summed E-state index contributed by atoms with van der Waals surface area (Å²) in [5.41, 5.74) is 6.11. The van der Waals surface area contributed by atoms with Crippen LogP contribution in [0.4, 0.5) is 4.39 Å². The van der Waals surface area contributed by atoms with Gasteiger partial charge in [-0.15, -0.1) is 24.8 Å². The molecule has 2 rings (SSSR count). The summed E-state index contributed by atoms with van der Waals surface area (Å²) in [4.78, 5) is 0. The van der Waals surface area contributed by atoms with Crippen molar-refractivity contribution in [2.75, 3.05) is 13.1 Å². The summed E-state index contributed by atoms with van der Waals surface area (Å²) in [7, 11) is 0. The van der Waals surface area contributed by atoms with Crippen LogP contribution in [0.15, 0.2) is 0 Å². The van der Waals surface area contributed by atoms with E-state index in [2.05, 4.69) is 5.32 Å². The zero-order chi connectivity index (χ0) is 8.60. The average Bonchev–Trinajstić information content (AvgIpc) is 2.29. The van der Waals surface area contributed by atoms with E-state index >= 15 is 0 Å². The standard InChI is InChI=1S/C9H17FN2.2ClH/c10-7-5-8(11)9(6-7)1-3-12-4-2-9;;/h7-8,12H,1-6,11H2;2*1H/t7-,8-;;/m1../s1. The van der Waals surface area contributed by atoms with Crippen molar-refractivity contribution in [2.45, 2.75) is 37.9 Å². The second kappa shape index (κ2) is 5.50. The summed E-state index contributed by atoms with van der Waals surface area (Å²) in [6, 6.07) is 0.106. The molecule has 2 aliphatic rings. The van der Waals surface area contributed by atoms with E-state index in [1.165, 1.54) is 0 Å². The molecule has 5 heteroatoms. The fourth-order valence-corrected chi connectivity index (χ4v) is 2.70. The van der Waals surface area contributed by atoms with Gasteiger partial charge in [0, 0.05) is 6.04 Å². The Bertz CT molecular complexity index is 174. The number of rotatable bonds is 0. The zero-order valence-electron chi connectivity index (χ0n) is 8.17. The third kappa shape index (κ3) is 2.51. The maximum absolute atomic E-state index is 13.1. The van der Waals surface area contributed by atoms with Crippen molar-refractivity contribution in [3.8, 4) is 0 Å². The number of alkyl halides is 1. The molecule has 0 amide bonds. The first-order valence-electron chi connectivity index (χ1n) is 4.83. The van der Waals surface area contributed by atoms with Gasteiger partial charge in [0.25, 0.3) is 0 Å². The average molecular weight is 245 g/mol. The molecule has 0 aromatic carbocycles. The largest absolute Gasteiger partial charge is 0.327 e. The molecular weight excluding hydrogens is 226 g/mol. The highest BCUT2D eigenvalue weighted by Crippen LogP contribution is 2.45. The molecule has 1 aliphatic heterocycles. The summed E-state index contributed by atoms with van der Waals surface area (Å²) in [5.74, 6) is 0. The maximum atomic E-state index is 13.1. The highest BCUT2D eigenvalue weighted by Gasteiger charge is 2.45. The van der Waals surface area contributed by atoms with Crippen molar-refractivity contribution >= 4 is 24.8 Å². The molecule has 0 radical (unpaired) electrons. The molecule has 2 nitrogen and oxygen atoms in total. The Kier molecular flexibility index (Phi) is 5.67. The number of nitrogens with two attached hydrogens (primary N) is 1. The third-order valence-corrected chi connectivity index (χ3v) is 3.52. The van der Waals surface area contributed by atoms with Crippen LogP contribution in [0.5, 0.6) is 0 Å². The number of nitrogens with one attached hydrogen (secondary N) is 1. The van der Waals surface area contributed by atoms with E-state index < -0.39 is 6.17 Å². The van der Waals surface area contributed by atoms with E-state index in [4.69, 9.17) is 5.73 Å². The molecule has 0 bridgehead atoms. The molecule has 0 unspecified atom stereocenters. The predicted molar refractivity (Wildman–Crippen MR) is 61.1 cm³/mol. The normalized spacial score (nSPS) is 34.7. The molecular formula is C9H19Cl2FN2. The molecule has 0 aromatic rings. The molecule has 3 N–H and O–H groups in total. The molecule has 14 heavy (non-hydrogen) atoms. The van der Waals surface area contributed by atoms with Gasteiger partial charge in [0.05, 0.1) is 0 Å². The lowest BCUT2D eigenvalue weighted by Gasteiger charge is -2.37. The lowest BCUT2D eigenvalue weighted by atomic mass is 9.75. The molecule has 1 heterocycles. The first-order valence-corrected chi connectivity index (χ1v) is 4.83. The van der Waals surface area contributed by atoms with Crippen LogP contribution in [-0.2, 0) is 0 Å². The fourth-order valence-electron chi connectivity index (χ4n) is 2.70. The smallest absolute Gasteiger partial charge is 0.102 e. The summed E-state index contributed by atoms with van der Waals surface area (Å²) < 4.78 is 13.1. The van der Waals surface area contributed by atoms with E-state index in [0.717, 1.165) is 25.9 Å². The number of hydrogen-bond acceptors (Lipinski definition) is 2. The topological polar surface area (TPSA) is 38.0 Å². The van der Waals surface area contributed by atoms with Crippen LogP contribution in [-0.4, -0.2) is 25.3 Å². The van der Waals surface area contributed by atoms with E-state index in [0.29, 0.717) is 12.8 Å². The number of halogens is 3. The van der Waals surface area contributed by atoms with Crippen LogP contribution in [0.3, 0.4) is 0 Å². The van der Waals surface area contributed by atoms with Crippen LogP contribution in [0.2, 0.25) is 0 Å². The monoisotopic (exact) mass is 244 g/mol. The SMILES string of the molecule is Cl.Cl.N[C@@H]1C[C@@H](F)CC12CCNCC2.